The van der Waals surface area contributed by atoms with E-state index in [4.69, 9.17) is 9.47 Å². The number of hydrogen-bond acceptors (Lipinski definition) is 6. The van der Waals surface area contributed by atoms with E-state index in [0.717, 1.165) is 29.3 Å². The molecule has 160 valence electrons. The topological polar surface area (TPSA) is 79.9 Å². The van der Waals surface area contributed by atoms with Crippen molar-refractivity contribution < 1.29 is 19.1 Å². The Hall–Kier alpha value is -2.55. The van der Waals surface area contributed by atoms with Gasteiger partial charge in [-0.3, -0.25) is 14.5 Å². The van der Waals surface area contributed by atoms with Crippen molar-refractivity contribution in [2.45, 2.75) is 10.9 Å². The molecule has 3 rings (SSSR count). The van der Waals surface area contributed by atoms with Gasteiger partial charge in [-0.05, 0) is 36.1 Å². The molecule has 1 atom stereocenters. The first-order chi connectivity index (χ1) is 14.6. The number of morpholine rings is 1. The van der Waals surface area contributed by atoms with Crippen LogP contribution >= 0.6 is 11.8 Å². The monoisotopic (exact) mass is 429 g/mol. The van der Waals surface area contributed by atoms with E-state index < -0.39 is 11.8 Å². The molecule has 1 aliphatic heterocycles. The molecule has 1 aliphatic rings. The summed E-state index contributed by atoms with van der Waals surface area (Å²) in [4.78, 5) is 28.0. The number of methoxy groups -OCH3 is 1. The molecule has 7 nitrogen and oxygen atoms in total. The zero-order valence-electron chi connectivity index (χ0n) is 17.2. The van der Waals surface area contributed by atoms with Crippen LogP contribution in [0.15, 0.2) is 53.4 Å². The van der Waals surface area contributed by atoms with Gasteiger partial charge in [-0.2, -0.15) is 0 Å². The van der Waals surface area contributed by atoms with E-state index in [2.05, 4.69) is 15.5 Å². The highest BCUT2D eigenvalue weighted by molar-refractivity contribution is 7.98. The summed E-state index contributed by atoms with van der Waals surface area (Å²) in [7, 11) is 1.63. The van der Waals surface area contributed by atoms with Crippen molar-refractivity contribution in [3.8, 4) is 5.75 Å². The van der Waals surface area contributed by atoms with Gasteiger partial charge in [0.25, 0.3) is 0 Å². The molecular weight excluding hydrogens is 402 g/mol. The van der Waals surface area contributed by atoms with Crippen LogP contribution in [0.25, 0.3) is 0 Å². The molecule has 0 spiro atoms. The maximum absolute atomic E-state index is 12.5. The normalized spacial score (nSPS) is 15.3. The standard InChI is InChI=1S/C22H27N3O4S/c1-28-17-9-7-16(8-10-17)19(25-11-13-29-14-12-25)15-23-21(26)22(27)24-18-5-3-4-6-20(18)30-2/h3-10,19H,11-15H2,1-2H3,(H,23,26)(H,24,27)/t19-/m1/s1. The second-order valence-corrected chi connectivity index (χ2v) is 7.65. The molecule has 0 aromatic heterocycles. The van der Waals surface area contributed by atoms with Crippen molar-refractivity contribution in [2.75, 3.05) is 51.5 Å². The van der Waals surface area contributed by atoms with Gasteiger partial charge in [0.1, 0.15) is 5.75 Å². The van der Waals surface area contributed by atoms with E-state index in [9.17, 15) is 9.59 Å². The van der Waals surface area contributed by atoms with E-state index >= 15 is 0 Å². The molecule has 2 aromatic rings. The number of carbonyl (C=O) groups is 2. The fourth-order valence-electron chi connectivity index (χ4n) is 3.37. The quantitative estimate of drug-likeness (QED) is 0.520. The lowest BCUT2D eigenvalue weighted by Gasteiger charge is -2.35. The largest absolute Gasteiger partial charge is 0.497 e. The van der Waals surface area contributed by atoms with Gasteiger partial charge in [0.05, 0.1) is 32.1 Å². The summed E-state index contributed by atoms with van der Waals surface area (Å²) in [6.45, 7) is 3.14. The fraction of sp³-hybridized carbons (Fsp3) is 0.364. The third-order valence-electron chi connectivity index (χ3n) is 5.00. The molecule has 2 amide bonds. The average Bonchev–Trinajstić information content (AvgIpc) is 2.80. The third-order valence-corrected chi connectivity index (χ3v) is 5.80. The van der Waals surface area contributed by atoms with Crippen LogP contribution in [0.4, 0.5) is 5.69 Å². The fourth-order valence-corrected chi connectivity index (χ4v) is 3.92. The first kappa shape index (κ1) is 22.1. The Morgan fingerprint density at radius 2 is 1.80 bits per heavy atom. The Bertz CT molecular complexity index is 854. The van der Waals surface area contributed by atoms with Gasteiger partial charge in [0, 0.05) is 24.5 Å². The molecule has 2 N–H and O–H groups in total. The smallest absolute Gasteiger partial charge is 0.313 e. The summed E-state index contributed by atoms with van der Waals surface area (Å²) < 4.78 is 10.7. The number of para-hydroxylation sites is 1. The van der Waals surface area contributed by atoms with E-state index in [-0.39, 0.29) is 6.04 Å². The van der Waals surface area contributed by atoms with Gasteiger partial charge in [-0.15, -0.1) is 11.8 Å². The summed E-state index contributed by atoms with van der Waals surface area (Å²) in [5, 5.41) is 5.49. The highest BCUT2D eigenvalue weighted by Crippen LogP contribution is 2.25. The van der Waals surface area contributed by atoms with Gasteiger partial charge in [0.2, 0.25) is 0 Å². The molecule has 1 heterocycles. The zero-order valence-corrected chi connectivity index (χ0v) is 18.0. The van der Waals surface area contributed by atoms with Crippen molar-refractivity contribution in [1.82, 2.24) is 10.2 Å². The van der Waals surface area contributed by atoms with Crippen LogP contribution in [0, 0.1) is 0 Å². The lowest BCUT2D eigenvalue weighted by atomic mass is 10.0. The number of nitrogens with zero attached hydrogens (tertiary/aromatic N) is 1. The summed E-state index contributed by atoms with van der Waals surface area (Å²) >= 11 is 1.51. The van der Waals surface area contributed by atoms with Crippen LogP contribution in [-0.2, 0) is 14.3 Å². The minimum Gasteiger partial charge on any atom is -0.497 e. The van der Waals surface area contributed by atoms with Crippen LogP contribution in [-0.4, -0.2) is 62.9 Å². The summed E-state index contributed by atoms with van der Waals surface area (Å²) in [5.41, 5.74) is 1.68. The first-order valence-electron chi connectivity index (χ1n) is 9.80. The Labute approximate surface area is 181 Å². The molecule has 8 heteroatoms. The molecule has 1 saturated heterocycles. The predicted molar refractivity (Wildman–Crippen MR) is 118 cm³/mol. The van der Waals surface area contributed by atoms with Gasteiger partial charge >= 0.3 is 11.8 Å². The Kier molecular flexibility index (Phi) is 8.12. The Morgan fingerprint density at radius 1 is 1.10 bits per heavy atom. The minimum atomic E-state index is -0.674. The number of ether oxygens (including phenoxy) is 2. The number of rotatable bonds is 7. The van der Waals surface area contributed by atoms with Crippen LogP contribution in [0.2, 0.25) is 0 Å². The maximum atomic E-state index is 12.5. The second kappa shape index (κ2) is 11.0. The molecule has 30 heavy (non-hydrogen) atoms. The number of benzene rings is 2. The van der Waals surface area contributed by atoms with Crippen molar-refractivity contribution in [1.29, 1.82) is 0 Å². The van der Waals surface area contributed by atoms with Gasteiger partial charge in [-0.25, -0.2) is 0 Å². The third kappa shape index (κ3) is 5.75. The van der Waals surface area contributed by atoms with E-state index in [1.54, 1.807) is 13.2 Å². The maximum Gasteiger partial charge on any atom is 0.313 e. The molecule has 1 fully saturated rings. The second-order valence-electron chi connectivity index (χ2n) is 6.80. The van der Waals surface area contributed by atoms with E-state index in [0.29, 0.717) is 25.4 Å². The number of amides is 2. The molecule has 0 aliphatic carbocycles. The van der Waals surface area contributed by atoms with Crippen molar-refractivity contribution in [3.05, 3.63) is 54.1 Å². The van der Waals surface area contributed by atoms with Crippen LogP contribution < -0.4 is 15.4 Å². The van der Waals surface area contributed by atoms with Gasteiger partial charge in [0.15, 0.2) is 0 Å². The zero-order chi connectivity index (χ0) is 21.3. The average molecular weight is 430 g/mol. The summed E-state index contributed by atoms with van der Waals surface area (Å²) in [6, 6.07) is 15.1. The van der Waals surface area contributed by atoms with Crippen LogP contribution in [0.5, 0.6) is 5.75 Å². The Balaban J connectivity index is 1.66. The van der Waals surface area contributed by atoms with Crippen molar-refractivity contribution >= 4 is 29.3 Å². The van der Waals surface area contributed by atoms with Gasteiger partial charge < -0.3 is 20.1 Å². The van der Waals surface area contributed by atoms with Crippen molar-refractivity contribution in [2.24, 2.45) is 0 Å². The molecule has 0 saturated carbocycles. The van der Waals surface area contributed by atoms with Gasteiger partial charge in [-0.1, -0.05) is 24.3 Å². The predicted octanol–water partition coefficient (Wildman–Crippen LogP) is 2.55. The number of hydrogen-bond donors (Lipinski definition) is 2. The van der Waals surface area contributed by atoms with E-state index in [1.807, 2.05) is 48.7 Å². The summed E-state index contributed by atoms with van der Waals surface area (Å²) in [5.74, 6) is -0.556. The van der Waals surface area contributed by atoms with Crippen LogP contribution in [0.3, 0.4) is 0 Å². The Morgan fingerprint density at radius 3 is 2.47 bits per heavy atom. The van der Waals surface area contributed by atoms with Crippen molar-refractivity contribution in [3.63, 3.8) is 0 Å². The van der Waals surface area contributed by atoms with Crippen LogP contribution in [0.1, 0.15) is 11.6 Å². The molecule has 0 radical (unpaired) electrons. The molecule has 0 bridgehead atoms. The highest BCUT2D eigenvalue weighted by atomic mass is 32.2. The minimum absolute atomic E-state index is 0.0601. The highest BCUT2D eigenvalue weighted by Gasteiger charge is 2.24. The lowest BCUT2D eigenvalue weighted by molar-refractivity contribution is -0.136. The number of nitrogens with one attached hydrogen (secondary N) is 2. The SMILES string of the molecule is COc1ccc([C@@H](CNC(=O)C(=O)Nc2ccccc2SC)N2CCOCC2)cc1. The van der Waals surface area contributed by atoms with E-state index in [1.165, 1.54) is 11.8 Å². The number of thioether (sulfide) groups is 1. The lowest BCUT2D eigenvalue weighted by Crippen LogP contribution is -2.45. The molecular formula is C22H27N3O4S. The number of anilines is 1. The first-order valence-corrected chi connectivity index (χ1v) is 11.0. The summed E-state index contributed by atoms with van der Waals surface area (Å²) in [6.07, 6.45) is 1.92. The molecule has 0 unspecified atom stereocenters. The number of carbonyl (C=O) groups excluding carboxylic acids is 2. The molecule has 2 aromatic carbocycles.